The minimum atomic E-state index is 0.801. The third-order valence-electron chi connectivity index (χ3n) is 2.65. The maximum absolute atomic E-state index is 5.96. The van der Waals surface area contributed by atoms with Crippen molar-refractivity contribution in [3.63, 3.8) is 0 Å². The van der Waals surface area contributed by atoms with Crippen molar-refractivity contribution >= 4 is 11.6 Å². The monoisotopic (exact) mass is 219 g/mol. The molecule has 1 heterocycles. The van der Waals surface area contributed by atoms with Crippen molar-refractivity contribution in [2.45, 2.75) is 20.4 Å². The maximum Gasteiger partial charge on any atom is 0.0475 e. The molecule has 0 N–H and O–H groups in total. The number of hydrogen-bond acceptors (Lipinski definition) is 0. The molecule has 0 fully saturated rings. The van der Waals surface area contributed by atoms with E-state index in [2.05, 4.69) is 36.6 Å². The summed E-state index contributed by atoms with van der Waals surface area (Å²) in [6.45, 7) is 5.14. The van der Waals surface area contributed by atoms with E-state index in [1.165, 1.54) is 17.0 Å². The van der Waals surface area contributed by atoms with E-state index in [1.807, 2.05) is 18.2 Å². The lowest BCUT2D eigenvalue weighted by Crippen LogP contribution is -2.03. The van der Waals surface area contributed by atoms with E-state index in [0.29, 0.717) is 0 Å². The Bertz CT molecular complexity index is 452. The lowest BCUT2D eigenvalue weighted by molar-refractivity contribution is 0.749. The molecule has 0 bridgehead atoms. The third kappa shape index (κ3) is 2.24. The van der Waals surface area contributed by atoms with Crippen LogP contribution in [0.1, 0.15) is 17.0 Å². The van der Waals surface area contributed by atoms with Gasteiger partial charge in [0.1, 0.15) is 0 Å². The van der Waals surface area contributed by atoms with Crippen molar-refractivity contribution in [3.05, 3.63) is 58.4 Å². The van der Waals surface area contributed by atoms with Crippen LogP contribution in [0.15, 0.2) is 36.4 Å². The summed E-state index contributed by atoms with van der Waals surface area (Å²) in [5, 5.41) is 0.801. The molecule has 0 aliphatic carbocycles. The van der Waals surface area contributed by atoms with E-state index < -0.39 is 0 Å². The van der Waals surface area contributed by atoms with Gasteiger partial charge in [-0.25, -0.2) is 0 Å². The molecule has 0 amide bonds. The molecule has 0 atom stereocenters. The van der Waals surface area contributed by atoms with Crippen molar-refractivity contribution in [3.8, 4) is 0 Å². The lowest BCUT2D eigenvalue weighted by Gasteiger charge is -2.09. The van der Waals surface area contributed by atoms with Crippen molar-refractivity contribution < 1.29 is 0 Å². The van der Waals surface area contributed by atoms with E-state index >= 15 is 0 Å². The van der Waals surface area contributed by atoms with Gasteiger partial charge in [0.25, 0.3) is 0 Å². The Morgan fingerprint density at radius 2 is 1.73 bits per heavy atom. The fraction of sp³-hybridized carbons (Fsp3) is 0.231. The molecule has 0 aliphatic heterocycles. The van der Waals surface area contributed by atoms with Crippen LogP contribution >= 0.6 is 11.6 Å². The highest BCUT2D eigenvalue weighted by molar-refractivity contribution is 6.30. The zero-order valence-corrected chi connectivity index (χ0v) is 9.75. The minimum Gasteiger partial charge on any atom is -0.345 e. The van der Waals surface area contributed by atoms with Crippen molar-refractivity contribution in [1.82, 2.24) is 4.57 Å². The van der Waals surface area contributed by atoms with Gasteiger partial charge in [-0.2, -0.15) is 0 Å². The van der Waals surface area contributed by atoms with Crippen LogP contribution in [-0.4, -0.2) is 4.57 Å². The van der Waals surface area contributed by atoms with Crippen LogP contribution in [0.5, 0.6) is 0 Å². The predicted molar refractivity (Wildman–Crippen MR) is 64.5 cm³/mol. The fourth-order valence-corrected chi connectivity index (χ4v) is 1.98. The molecular formula is C13H14ClN. The molecular weight excluding hydrogens is 206 g/mol. The van der Waals surface area contributed by atoms with Gasteiger partial charge in [-0.05, 0) is 43.7 Å². The van der Waals surface area contributed by atoms with E-state index in [0.717, 1.165) is 11.6 Å². The average molecular weight is 220 g/mol. The highest BCUT2D eigenvalue weighted by Crippen LogP contribution is 2.14. The largest absolute Gasteiger partial charge is 0.345 e. The number of halogens is 1. The first-order chi connectivity index (χ1) is 7.16. The zero-order chi connectivity index (χ0) is 10.8. The van der Waals surface area contributed by atoms with Gasteiger partial charge in [0.15, 0.2) is 0 Å². The summed E-state index contributed by atoms with van der Waals surface area (Å²) < 4.78 is 2.28. The molecule has 0 radical (unpaired) electrons. The first-order valence-electron chi connectivity index (χ1n) is 5.04. The number of aryl methyl sites for hydroxylation is 2. The van der Waals surface area contributed by atoms with Gasteiger partial charge in [-0.3, -0.25) is 0 Å². The second-order valence-corrected chi connectivity index (χ2v) is 4.27. The molecule has 2 aromatic rings. The molecule has 15 heavy (non-hydrogen) atoms. The number of hydrogen-bond donors (Lipinski definition) is 0. The van der Waals surface area contributed by atoms with Gasteiger partial charge in [-0.1, -0.05) is 23.7 Å². The number of aromatic nitrogens is 1. The van der Waals surface area contributed by atoms with E-state index in [-0.39, 0.29) is 0 Å². The molecule has 0 spiro atoms. The highest BCUT2D eigenvalue weighted by atomic mass is 35.5. The minimum absolute atomic E-state index is 0.801. The summed E-state index contributed by atoms with van der Waals surface area (Å²) >= 11 is 5.96. The molecule has 78 valence electrons. The fourth-order valence-electron chi connectivity index (χ4n) is 1.77. The summed E-state index contributed by atoms with van der Waals surface area (Å²) in [6.07, 6.45) is 0. The Labute approximate surface area is 95.3 Å². The predicted octanol–water partition coefficient (Wildman–Crippen LogP) is 3.81. The second kappa shape index (κ2) is 4.11. The number of nitrogens with zero attached hydrogens (tertiary/aromatic N) is 1. The van der Waals surface area contributed by atoms with E-state index in [4.69, 9.17) is 11.6 Å². The van der Waals surface area contributed by atoms with Crippen LogP contribution in [0.3, 0.4) is 0 Å². The molecule has 1 aromatic carbocycles. The molecule has 1 aromatic heterocycles. The molecule has 0 saturated heterocycles. The Hall–Kier alpha value is -1.21. The zero-order valence-electron chi connectivity index (χ0n) is 9.00. The van der Waals surface area contributed by atoms with Crippen LogP contribution in [-0.2, 0) is 6.54 Å². The van der Waals surface area contributed by atoms with Gasteiger partial charge in [0, 0.05) is 23.0 Å². The summed E-state index contributed by atoms with van der Waals surface area (Å²) in [5.74, 6) is 0. The number of benzene rings is 1. The third-order valence-corrected chi connectivity index (χ3v) is 2.88. The Morgan fingerprint density at radius 1 is 1.07 bits per heavy atom. The van der Waals surface area contributed by atoms with Gasteiger partial charge < -0.3 is 4.57 Å². The van der Waals surface area contributed by atoms with Crippen LogP contribution < -0.4 is 0 Å². The summed E-state index contributed by atoms with van der Waals surface area (Å²) in [4.78, 5) is 0. The van der Waals surface area contributed by atoms with Crippen LogP contribution in [0.25, 0.3) is 0 Å². The second-order valence-electron chi connectivity index (χ2n) is 3.83. The van der Waals surface area contributed by atoms with Gasteiger partial charge in [-0.15, -0.1) is 0 Å². The standard InChI is InChI=1S/C13H14ClN/c1-10-6-7-11(2)15(10)9-12-4-3-5-13(14)8-12/h3-8H,9H2,1-2H3. The van der Waals surface area contributed by atoms with Crippen molar-refractivity contribution in [2.24, 2.45) is 0 Å². The maximum atomic E-state index is 5.96. The first-order valence-corrected chi connectivity index (χ1v) is 5.42. The van der Waals surface area contributed by atoms with Crippen molar-refractivity contribution in [2.75, 3.05) is 0 Å². The quantitative estimate of drug-likeness (QED) is 0.724. The van der Waals surface area contributed by atoms with Crippen LogP contribution in [0, 0.1) is 13.8 Å². The van der Waals surface area contributed by atoms with Gasteiger partial charge >= 0.3 is 0 Å². The number of rotatable bonds is 2. The molecule has 2 rings (SSSR count). The summed E-state index contributed by atoms with van der Waals surface area (Å²) in [6, 6.07) is 12.3. The van der Waals surface area contributed by atoms with E-state index in [9.17, 15) is 0 Å². The van der Waals surface area contributed by atoms with Gasteiger partial charge in [0.2, 0.25) is 0 Å². The normalized spacial score (nSPS) is 10.6. The Balaban J connectivity index is 2.29. The summed E-state index contributed by atoms with van der Waals surface area (Å²) in [5.41, 5.74) is 3.81. The molecule has 1 nitrogen and oxygen atoms in total. The molecule has 0 unspecified atom stereocenters. The SMILES string of the molecule is Cc1ccc(C)n1Cc1cccc(Cl)c1. The lowest BCUT2D eigenvalue weighted by atomic mass is 10.2. The smallest absolute Gasteiger partial charge is 0.0475 e. The molecule has 0 saturated carbocycles. The average Bonchev–Trinajstić information content (AvgIpc) is 2.50. The van der Waals surface area contributed by atoms with Gasteiger partial charge in [0.05, 0.1) is 0 Å². The topological polar surface area (TPSA) is 4.93 Å². The molecule has 2 heteroatoms. The first kappa shape index (κ1) is 10.3. The van der Waals surface area contributed by atoms with E-state index in [1.54, 1.807) is 0 Å². The highest BCUT2D eigenvalue weighted by Gasteiger charge is 2.01. The van der Waals surface area contributed by atoms with Crippen LogP contribution in [0.4, 0.5) is 0 Å². The Morgan fingerprint density at radius 3 is 2.33 bits per heavy atom. The van der Waals surface area contributed by atoms with Crippen molar-refractivity contribution in [1.29, 1.82) is 0 Å². The summed E-state index contributed by atoms with van der Waals surface area (Å²) in [7, 11) is 0. The Kier molecular flexibility index (Phi) is 2.83. The molecule has 0 aliphatic rings. The van der Waals surface area contributed by atoms with Crippen LogP contribution in [0.2, 0.25) is 5.02 Å².